The summed E-state index contributed by atoms with van der Waals surface area (Å²) in [4.78, 5) is 1.39. The first-order valence-electron chi connectivity index (χ1n) is 4.58. The van der Waals surface area contributed by atoms with Gasteiger partial charge in [-0.1, -0.05) is 6.07 Å². The van der Waals surface area contributed by atoms with Crippen LogP contribution in [0.5, 0.6) is 0 Å². The fraction of sp³-hybridized carbons (Fsp3) is 0.455. The Bertz CT molecular complexity index is 331. The number of hydrogen-bond donors (Lipinski definition) is 1. The summed E-state index contributed by atoms with van der Waals surface area (Å²) in [7, 11) is 0. The van der Waals surface area contributed by atoms with Crippen LogP contribution >= 0.6 is 11.8 Å². The third-order valence-electron chi connectivity index (χ3n) is 2.20. The van der Waals surface area contributed by atoms with Gasteiger partial charge in [0.15, 0.2) is 0 Å². The molecule has 1 heterocycles. The summed E-state index contributed by atoms with van der Waals surface area (Å²) in [5, 5.41) is 3.54. The Labute approximate surface area is 83.9 Å². The molecule has 1 aliphatic heterocycles. The third kappa shape index (κ3) is 1.83. The first kappa shape index (κ1) is 8.95. The lowest BCUT2D eigenvalue weighted by molar-refractivity contribution is 0.637. The summed E-state index contributed by atoms with van der Waals surface area (Å²) < 4.78 is 0. The molecule has 1 nitrogen and oxygen atoms in total. The molecule has 1 N–H and O–H groups in total. The van der Waals surface area contributed by atoms with Gasteiger partial charge in [0.2, 0.25) is 0 Å². The molecule has 70 valence electrons. The number of benzene rings is 1. The minimum atomic E-state index is 0.229. The summed E-state index contributed by atoms with van der Waals surface area (Å²) in [5.74, 6) is 1.14. The maximum absolute atomic E-state index is 3.54. The SMILES string of the molecule is Cc1ccc2c(c1)SCC(C)(C)N2. The predicted molar refractivity (Wildman–Crippen MR) is 59.6 cm³/mol. The quantitative estimate of drug-likeness (QED) is 0.678. The summed E-state index contributed by atoms with van der Waals surface area (Å²) in [5.41, 5.74) is 2.85. The van der Waals surface area contributed by atoms with Crippen molar-refractivity contribution in [3.8, 4) is 0 Å². The number of hydrogen-bond acceptors (Lipinski definition) is 2. The van der Waals surface area contributed by atoms with Crippen molar-refractivity contribution < 1.29 is 0 Å². The normalized spacial score (nSPS) is 19.0. The zero-order chi connectivity index (χ0) is 9.47. The van der Waals surface area contributed by atoms with E-state index in [4.69, 9.17) is 0 Å². The average molecular weight is 193 g/mol. The van der Waals surface area contributed by atoms with Gasteiger partial charge in [0.1, 0.15) is 0 Å². The van der Waals surface area contributed by atoms with Crippen molar-refractivity contribution in [2.75, 3.05) is 11.1 Å². The van der Waals surface area contributed by atoms with E-state index in [1.807, 2.05) is 11.8 Å². The van der Waals surface area contributed by atoms with E-state index in [1.54, 1.807) is 0 Å². The standard InChI is InChI=1S/C11H15NS/c1-8-4-5-9-10(6-8)13-7-11(2,3)12-9/h4-6,12H,7H2,1-3H3. The van der Waals surface area contributed by atoms with E-state index in [0.29, 0.717) is 0 Å². The van der Waals surface area contributed by atoms with Gasteiger partial charge in [-0.3, -0.25) is 0 Å². The van der Waals surface area contributed by atoms with Crippen molar-refractivity contribution in [1.82, 2.24) is 0 Å². The number of fused-ring (bicyclic) bond motifs is 1. The molecular formula is C11H15NS. The van der Waals surface area contributed by atoms with Crippen LogP contribution in [0.2, 0.25) is 0 Å². The summed E-state index contributed by atoms with van der Waals surface area (Å²) in [6.45, 7) is 6.62. The number of anilines is 1. The Morgan fingerprint density at radius 2 is 2.15 bits per heavy atom. The monoisotopic (exact) mass is 193 g/mol. The number of aryl methyl sites for hydroxylation is 1. The largest absolute Gasteiger partial charge is 0.378 e. The molecule has 0 spiro atoms. The zero-order valence-corrected chi connectivity index (χ0v) is 9.16. The van der Waals surface area contributed by atoms with Gasteiger partial charge in [-0.15, -0.1) is 11.8 Å². The Kier molecular flexibility index (Phi) is 2.03. The Balaban J connectivity index is 2.37. The van der Waals surface area contributed by atoms with Gasteiger partial charge in [-0.25, -0.2) is 0 Å². The Morgan fingerprint density at radius 1 is 1.38 bits per heavy atom. The van der Waals surface area contributed by atoms with E-state index >= 15 is 0 Å². The molecule has 0 amide bonds. The molecule has 0 aromatic heterocycles. The van der Waals surface area contributed by atoms with Crippen LogP contribution in [0.1, 0.15) is 19.4 Å². The van der Waals surface area contributed by atoms with Crippen LogP contribution in [-0.4, -0.2) is 11.3 Å². The van der Waals surface area contributed by atoms with E-state index in [-0.39, 0.29) is 5.54 Å². The van der Waals surface area contributed by atoms with Gasteiger partial charge in [0.05, 0.1) is 0 Å². The highest BCUT2D eigenvalue weighted by Gasteiger charge is 2.24. The van der Waals surface area contributed by atoms with Crippen LogP contribution in [0.4, 0.5) is 5.69 Å². The van der Waals surface area contributed by atoms with Gasteiger partial charge in [-0.2, -0.15) is 0 Å². The minimum Gasteiger partial charge on any atom is -0.378 e. The molecule has 0 saturated carbocycles. The van der Waals surface area contributed by atoms with Gasteiger partial charge in [0.25, 0.3) is 0 Å². The van der Waals surface area contributed by atoms with Crippen LogP contribution in [-0.2, 0) is 0 Å². The third-order valence-corrected chi connectivity index (χ3v) is 3.71. The second-order valence-electron chi connectivity index (χ2n) is 4.30. The van der Waals surface area contributed by atoms with Gasteiger partial charge in [0, 0.05) is 21.9 Å². The van der Waals surface area contributed by atoms with Gasteiger partial charge in [-0.05, 0) is 38.5 Å². The average Bonchev–Trinajstić information content (AvgIpc) is 2.05. The number of thioether (sulfide) groups is 1. The molecule has 0 aliphatic carbocycles. The zero-order valence-electron chi connectivity index (χ0n) is 8.35. The molecule has 0 saturated heterocycles. The van der Waals surface area contributed by atoms with Gasteiger partial charge >= 0.3 is 0 Å². The van der Waals surface area contributed by atoms with Crippen molar-refractivity contribution in [2.45, 2.75) is 31.2 Å². The number of rotatable bonds is 0. The van der Waals surface area contributed by atoms with Crippen LogP contribution in [0.3, 0.4) is 0 Å². The van der Waals surface area contributed by atoms with E-state index in [2.05, 4.69) is 44.3 Å². The smallest absolute Gasteiger partial charge is 0.0482 e. The molecule has 0 unspecified atom stereocenters. The lowest BCUT2D eigenvalue weighted by atomic mass is 10.1. The van der Waals surface area contributed by atoms with Crippen molar-refractivity contribution in [2.24, 2.45) is 0 Å². The maximum atomic E-state index is 3.54. The molecule has 2 rings (SSSR count). The second-order valence-corrected chi connectivity index (χ2v) is 5.31. The lowest BCUT2D eigenvalue weighted by Crippen LogP contribution is -2.36. The van der Waals surface area contributed by atoms with Crippen molar-refractivity contribution in [3.63, 3.8) is 0 Å². The highest BCUT2D eigenvalue weighted by molar-refractivity contribution is 7.99. The van der Waals surface area contributed by atoms with Crippen LogP contribution in [0, 0.1) is 6.92 Å². The molecule has 1 aromatic carbocycles. The summed E-state index contributed by atoms with van der Waals surface area (Å²) in [6, 6.07) is 6.59. The molecule has 0 atom stereocenters. The molecule has 13 heavy (non-hydrogen) atoms. The van der Waals surface area contributed by atoms with E-state index in [1.165, 1.54) is 16.1 Å². The predicted octanol–water partition coefficient (Wildman–Crippen LogP) is 3.29. The van der Waals surface area contributed by atoms with Crippen LogP contribution < -0.4 is 5.32 Å². The summed E-state index contributed by atoms with van der Waals surface area (Å²) >= 11 is 1.95. The van der Waals surface area contributed by atoms with Crippen molar-refractivity contribution >= 4 is 17.4 Å². The summed E-state index contributed by atoms with van der Waals surface area (Å²) in [6.07, 6.45) is 0. The first-order chi connectivity index (χ1) is 6.07. The molecule has 0 radical (unpaired) electrons. The highest BCUT2D eigenvalue weighted by atomic mass is 32.2. The maximum Gasteiger partial charge on any atom is 0.0482 e. The second kappa shape index (κ2) is 2.95. The van der Waals surface area contributed by atoms with Crippen molar-refractivity contribution in [3.05, 3.63) is 23.8 Å². The minimum absolute atomic E-state index is 0.229. The first-order valence-corrected chi connectivity index (χ1v) is 5.57. The van der Waals surface area contributed by atoms with E-state index in [0.717, 1.165) is 5.75 Å². The molecule has 0 fully saturated rings. The van der Waals surface area contributed by atoms with E-state index < -0.39 is 0 Å². The van der Waals surface area contributed by atoms with Crippen LogP contribution in [0.15, 0.2) is 23.1 Å². The molecule has 2 heteroatoms. The van der Waals surface area contributed by atoms with Gasteiger partial charge < -0.3 is 5.32 Å². The fourth-order valence-electron chi connectivity index (χ4n) is 1.51. The fourth-order valence-corrected chi connectivity index (χ4v) is 2.64. The topological polar surface area (TPSA) is 12.0 Å². The van der Waals surface area contributed by atoms with Crippen molar-refractivity contribution in [1.29, 1.82) is 0 Å². The Morgan fingerprint density at radius 3 is 2.92 bits per heavy atom. The molecule has 0 bridgehead atoms. The van der Waals surface area contributed by atoms with Crippen LogP contribution in [0.25, 0.3) is 0 Å². The molecule has 1 aromatic rings. The van der Waals surface area contributed by atoms with E-state index in [9.17, 15) is 0 Å². The molecule has 1 aliphatic rings. The number of nitrogens with one attached hydrogen (secondary N) is 1. The lowest BCUT2D eigenvalue weighted by Gasteiger charge is -2.33. The highest BCUT2D eigenvalue weighted by Crippen LogP contribution is 2.37. The Hall–Kier alpha value is -0.630. The molecular weight excluding hydrogens is 178 g/mol.